The highest BCUT2D eigenvalue weighted by Crippen LogP contribution is 2.28. The molecular formula is C17H22N2O2. The van der Waals surface area contributed by atoms with E-state index in [1.54, 1.807) is 6.26 Å². The number of hydrogen-bond acceptors (Lipinski definition) is 4. The molecule has 0 saturated heterocycles. The highest BCUT2D eigenvalue weighted by Gasteiger charge is 2.17. The molecule has 0 bridgehead atoms. The van der Waals surface area contributed by atoms with Gasteiger partial charge in [-0.05, 0) is 36.1 Å². The molecule has 1 aromatic heterocycles. The van der Waals surface area contributed by atoms with Crippen LogP contribution >= 0.6 is 0 Å². The van der Waals surface area contributed by atoms with Crippen molar-refractivity contribution in [1.82, 2.24) is 5.43 Å². The Balaban J connectivity index is 1.68. The van der Waals surface area contributed by atoms with Crippen molar-refractivity contribution < 1.29 is 9.15 Å². The molecule has 1 atom stereocenters. The lowest BCUT2D eigenvalue weighted by atomic mass is 9.98. The third-order valence-electron chi connectivity index (χ3n) is 4.15. The van der Waals surface area contributed by atoms with Crippen molar-refractivity contribution >= 4 is 0 Å². The van der Waals surface area contributed by atoms with E-state index in [2.05, 4.69) is 30.5 Å². The van der Waals surface area contributed by atoms with Crippen LogP contribution in [0.3, 0.4) is 0 Å². The first-order valence-corrected chi connectivity index (χ1v) is 7.58. The van der Waals surface area contributed by atoms with Gasteiger partial charge in [-0.15, -0.1) is 0 Å². The van der Waals surface area contributed by atoms with Gasteiger partial charge in [-0.1, -0.05) is 19.1 Å². The molecule has 0 amide bonds. The van der Waals surface area contributed by atoms with Gasteiger partial charge in [-0.2, -0.15) is 0 Å². The van der Waals surface area contributed by atoms with Crippen LogP contribution in [0.15, 0.2) is 34.9 Å². The van der Waals surface area contributed by atoms with Crippen LogP contribution in [-0.2, 0) is 19.3 Å². The lowest BCUT2D eigenvalue weighted by molar-refractivity contribution is 0.357. The van der Waals surface area contributed by atoms with Crippen molar-refractivity contribution in [3.63, 3.8) is 0 Å². The highest BCUT2D eigenvalue weighted by atomic mass is 16.5. The fraction of sp³-hybridized carbons (Fsp3) is 0.412. The van der Waals surface area contributed by atoms with Crippen molar-refractivity contribution in [2.75, 3.05) is 6.61 Å². The van der Waals surface area contributed by atoms with Crippen molar-refractivity contribution in [2.24, 2.45) is 5.84 Å². The van der Waals surface area contributed by atoms with Crippen molar-refractivity contribution in [3.8, 4) is 5.75 Å². The molecule has 3 rings (SSSR count). The van der Waals surface area contributed by atoms with Crippen molar-refractivity contribution in [1.29, 1.82) is 0 Å². The van der Waals surface area contributed by atoms with Crippen molar-refractivity contribution in [2.45, 2.75) is 38.6 Å². The Morgan fingerprint density at radius 2 is 2.24 bits per heavy atom. The van der Waals surface area contributed by atoms with E-state index in [1.807, 2.05) is 6.07 Å². The van der Waals surface area contributed by atoms with Crippen LogP contribution < -0.4 is 16.0 Å². The maximum atomic E-state index is 5.73. The van der Waals surface area contributed by atoms with Crippen LogP contribution in [0, 0.1) is 0 Å². The fourth-order valence-corrected chi connectivity index (χ4v) is 2.98. The number of benzene rings is 1. The second-order valence-electron chi connectivity index (χ2n) is 5.45. The molecule has 2 heterocycles. The van der Waals surface area contributed by atoms with Gasteiger partial charge in [-0.3, -0.25) is 11.3 Å². The van der Waals surface area contributed by atoms with Crippen LogP contribution in [0.5, 0.6) is 5.75 Å². The van der Waals surface area contributed by atoms with Gasteiger partial charge < -0.3 is 9.15 Å². The summed E-state index contributed by atoms with van der Waals surface area (Å²) in [5.41, 5.74) is 6.74. The summed E-state index contributed by atoms with van der Waals surface area (Å²) < 4.78 is 11.0. The molecule has 1 aliphatic rings. The first-order chi connectivity index (χ1) is 10.3. The molecule has 4 heteroatoms. The Kier molecular flexibility index (Phi) is 4.27. The van der Waals surface area contributed by atoms with Gasteiger partial charge in [-0.25, -0.2) is 0 Å². The number of rotatable bonds is 6. The quantitative estimate of drug-likeness (QED) is 0.633. The fourth-order valence-electron chi connectivity index (χ4n) is 2.98. The predicted molar refractivity (Wildman–Crippen MR) is 82.1 cm³/mol. The Hall–Kier alpha value is -1.78. The minimum atomic E-state index is 0.128. The smallest absolute Gasteiger partial charge is 0.122 e. The topological polar surface area (TPSA) is 60.4 Å². The van der Waals surface area contributed by atoms with Crippen LogP contribution in [0.25, 0.3) is 0 Å². The van der Waals surface area contributed by atoms with E-state index in [1.165, 1.54) is 16.7 Å². The van der Waals surface area contributed by atoms with E-state index in [4.69, 9.17) is 15.0 Å². The molecule has 3 N–H and O–H groups in total. The second kappa shape index (κ2) is 6.33. The Bertz CT molecular complexity index is 607. The van der Waals surface area contributed by atoms with E-state index < -0.39 is 0 Å². The molecule has 1 aliphatic heterocycles. The summed E-state index contributed by atoms with van der Waals surface area (Å²) in [6, 6.07) is 8.63. The monoisotopic (exact) mass is 286 g/mol. The molecule has 0 spiro atoms. The summed E-state index contributed by atoms with van der Waals surface area (Å²) in [6.07, 6.45) is 5.57. The third-order valence-corrected chi connectivity index (χ3v) is 4.15. The molecule has 4 nitrogen and oxygen atoms in total. The molecule has 0 saturated carbocycles. The Morgan fingerprint density at radius 1 is 1.33 bits per heavy atom. The normalized spacial score (nSPS) is 14.8. The maximum Gasteiger partial charge on any atom is 0.122 e. The number of nitrogens with two attached hydrogens (primary N) is 1. The maximum absolute atomic E-state index is 5.73. The van der Waals surface area contributed by atoms with Gasteiger partial charge in [0.1, 0.15) is 11.5 Å². The molecule has 21 heavy (non-hydrogen) atoms. The SMILES string of the molecule is CCc1occc1C(CCc1ccc2c(c1)CCO2)NN. The zero-order valence-corrected chi connectivity index (χ0v) is 12.4. The number of aryl methyl sites for hydroxylation is 2. The van der Waals surface area contributed by atoms with Crippen LogP contribution in [-0.4, -0.2) is 6.61 Å². The van der Waals surface area contributed by atoms with Gasteiger partial charge >= 0.3 is 0 Å². The number of fused-ring (bicyclic) bond motifs is 1. The summed E-state index contributed by atoms with van der Waals surface area (Å²) in [4.78, 5) is 0. The molecule has 0 radical (unpaired) electrons. The lowest BCUT2D eigenvalue weighted by Gasteiger charge is -2.16. The molecule has 1 aromatic carbocycles. The van der Waals surface area contributed by atoms with E-state index >= 15 is 0 Å². The average Bonchev–Trinajstić information content (AvgIpc) is 3.16. The third kappa shape index (κ3) is 2.96. The largest absolute Gasteiger partial charge is 0.493 e. The summed E-state index contributed by atoms with van der Waals surface area (Å²) in [6.45, 7) is 2.90. The Morgan fingerprint density at radius 3 is 3.05 bits per heavy atom. The number of hydrazine groups is 1. The van der Waals surface area contributed by atoms with Gasteiger partial charge in [0.25, 0.3) is 0 Å². The van der Waals surface area contributed by atoms with Gasteiger partial charge in [0.05, 0.1) is 12.9 Å². The summed E-state index contributed by atoms with van der Waals surface area (Å²) in [5.74, 6) is 7.78. The summed E-state index contributed by atoms with van der Waals surface area (Å²) in [7, 11) is 0. The van der Waals surface area contributed by atoms with Crippen LogP contribution in [0.1, 0.15) is 41.8 Å². The first-order valence-electron chi connectivity index (χ1n) is 7.58. The molecule has 2 aromatic rings. The van der Waals surface area contributed by atoms with E-state index in [0.717, 1.165) is 43.8 Å². The molecule has 112 valence electrons. The van der Waals surface area contributed by atoms with Crippen molar-refractivity contribution in [3.05, 3.63) is 53.0 Å². The zero-order chi connectivity index (χ0) is 14.7. The van der Waals surface area contributed by atoms with Crippen LogP contribution in [0.4, 0.5) is 0 Å². The van der Waals surface area contributed by atoms with E-state index in [0.29, 0.717) is 0 Å². The van der Waals surface area contributed by atoms with Crippen LogP contribution in [0.2, 0.25) is 0 Å². The van der Waals surface area contributed by atoms with E-state index in [9.17, 15) is 0 Å². The summed E-state index contributed by atoms with van der Waals surface area (Å²) >= 11 is 0. The standard InChI is InChI=1S/C17H22N2O2/c1-2-16-14(8-10-20-16)15(19-18)5-3-12-4-6-17-13(11-12)7-9-21-17/h4,6,8,10-11,15,19H,2-3,5,7,9,18H2,1H3. The number of furan rings is 1. The number of hydrogen-bond donors (Lipinski definition) is 2. The Labute approximate surface area is 125 Å². The molecule has 0 aliphatic carbocycles. The van der Waals surface area contributed by atoms with Gasteiger partial charge in [0.2, 0.25) is 0 Å². The molecular weight excluding hydrogens is 264 g/mol. The lowest BCUT2D eigenvalue weighted by Crippen LogP contribution is -2.28. The molecule has 1 unspecified atom stereocenters. The molecule has 0 fully saturated rings. The van der Waals surface area contributed by atoms with E-state index in [-0.39, 0.29) is 6.04 Å². The minimum absolute atomic E-state index is 0.128. The minimum Gasteiger partial charge on any atom is -0.493 e. The predicted octanol–water partition coefficient (Wildman–Crippen LogP) is 2.91. The average molecular weight is 286 g/mol. The zero-order valence-electron chi connectivity index (χ0n) is 12.4. The van der Waals surface area contributed by atoms with Gasteiger partial charge in [0.15, 0.2) is 0 Å². The first kappa shape index (κ1) is 14.2. The summed E-state index contributed by atoms with van der Waals surface area (Å²) in [5, 5.41) is 0. The number of ether oxygens (including phenoxy) is 1. The van der Waals surface area contributed by atoms with Gasteiger partial charge in [0, 0.05) is 24.4 Å². The highest BCUT2D eigenvalue weighted by molar-refractivity contribution is 5.40. The number of nitrogens with one attached hydrogen (secondary N) is 1. The second-order valence-corrected chi connectivity index (χ2v) is 5.45.